The minimum Gasteiger partial charge on any atom is -0.352 e. The van der Waals surface area contributed by atoms with E-state index in [-0.39, 0.29) is 30.2 Å². The number of carbonyl (C=O) groups is 2. The van der Waals surface area contributed by atoms with Crippen LogP contribution in [-0.2, 0) is 28.3 Å². The largest absolute Gasteiger partial charge is 0.352 e. The Hall–Kier alpha value is -2.47. The molecule has 190 valence electrons. The van der Waals surface area contributed by atoms with E-state index < -0.39 is 6.04 Å². The maximum atomic E-state index is 13.6. The predicted octanol–water partition coefficient (Wildman–Crippen LogP) is 6.70. The summed E-state index contributed by atoms with van der Waals surface area (Å²) < 4.78 is 0. The Labute approximate surface area is 228 Å². The van der Waals surface area contributed by atoms with Crippen molar-refractivity contribution in [2.75, 3.05) is 5.75 Å². The maximum absolute atomic E-state index is 13.6. The fourth-order valence-corrected chi connectivity index (χ4v) is 5.13. The summed E-state index contributed by atoms with van der Waals surface area (Å²) in [7, 11) is 0. The summed E-state index contributed by atoms with van der Waals surface area (Å²) in [4.78, 5) is 28.7. The zero-order chi connectivity index (χ0) is 26.1. The topological polar surface area (TPSA) is 49.4 Å². The lowest BCUT2D eigenvalue weighted by molar-refractivity contribution is -0.139. The maximum Gasteiger partial charge on any atom is 0.243 e. The average molecular weight is 544 g/mol. The molecule has 3 aromatic rings. The number of hydrogen-bond donors (Lipinski definition) is 1. The first-order valence-corrected chi connectivity index (χ1v) is 13.8. The van der Waals surface area contributed by atoms with Crippen molar-refractivity contribution >= 4 is 46.8 Å². The molecule has 7 heteroatoms. The molecule has 0 aliphatic rings. The van der Waals surface area contributed by atoms with Crippen molar-refractivity contribution in [1.82, 2.24) is 10.2 Å². The summed E-state index contributed by atoms with van der Waals surface area (Å²) in [5, 5.41) is 3.99. The SMILES string of the molecule is Cc1ccc(CSCC(=O)N(Cc2ccc(Cl)cc2Cl)C(Cc2ccccc2)C(=O)NC(C)C)cc1. The van der Waals surface area contributed by atoms with Crippen molar-refractivity contribution < 1.29 is 9.59 Å². The molecular formula is C29H32Cl2N2O2S. The zero-order valence-electron chi connectivity index (χ0n) is 20.8. The first-order valence-electron chi connectivity index (χ1n) is 11.9. The van der Waals surface area contributed by atoms with E-state index in [1.807, 2.05) is 50.2 Å². The van der Waals surface area contributed by atoms with Gasteiger partial charge in [0.1, 0.15) is 6.04 Å². The lowest BCUT2D eigenvalue weighted by Gasteiger charge is -2.32. The Morgan fingerprint density at radius 1 is 0.944 bits per heavy atom. The lowest BCUT2D eigenvalue weighted by atomic mass is 10.0. The van der Waals surface area contributed by atoms with E-state index in [4.69, 9.17) is 23.2 Å². The van der Waals surface area contributed by atoms with E-state index in [0.717, 1.165) is 16.7 Å². The van der Waals surface area contributed by atoms with Gasteiger partial charge in [0.05, 0.1) is 5.75 Å². The predicted molar refractivity (Wildman–Crippen MR) is 152 cm³/mol. The molecule has 2 amide bonds. The van der Waals surface area contributed by atoms with Crippen LogP contribution in [0, 0.1) is 6.92 Å². The molecule has 1 unspecified atom stereocenters. The van der Waals surface area contributed by atoms with Gasteiger partial charge in [-0.05, 0) is 49.6 Å². The summed E-state index contributed by atoms with van der Waals surface area (Å²) in [6, 6.07) is 22.5. The van der Waals surface area contributed by atoms with E-state index in [1.54, 1.807) is 17.0 Å². The lowest BCUT2D eigenvalue weighted by Crippen LogP contribution is -2.52. The van der Waals surface area contributed by atoms with E-state index in [0.29, 0.717) is 22.2 Å². The van der Waals surface area contributed by atoms with Gasteiger partial charge in [0, 0.05) is 34.8 Å². The van der Waals surface area contributed by atoms with E-state index in [2.05, 4.69) is 36.5 Å². The number of thioether (sulfide) groups is 1. The molecule has 0 aliphatic heterocycles. The average Bonchev–Trinajstić information content (AvgIpc) is 2.84. The van der Waals surface area contributed by atoms with Gasteiger partial charge in [-0.3, -0.25) is 9.59 Å². The Bertz CT molecular complexity index is 1150. The fraction of sp³-hybridized carbons (Fsp3) is 0.310. The van der Waals surface area contributed by atoms with Crippen LogP contribution in [0.15, 0.2) is 72.8 Å². The fourth-order valence-electron chi connectivity index (χ4n) is 3.79. The first-order chi connectivity index (χ1) is 17.2. The van der Waals surface area contributed by atoms with Crippen molar-refractivity contribution in [2.24, 2.45) is 0 Å². The molecule has 0 saturated heterocycles. The second-order valence-corrected chi connectivity index (χ2v) is 10.9. The van der Waals surface area contributed by atoms with Gasteiger partial charge in [0.2, 0.25) is 11.8 Å². The third-order valence-electron chi connectivity index (χ3n) is 5.67. The van der Waals surface area contributed by atoms with Gasteiger partial charge in [0.15, 0.2) is 0 Å². The van der Waals surface area contributed by atoms with Crippen LogP contribution in [0.2, 0.25) is 10.0 Å². The number of amides is 2. The quantitative estimate of drug-likeness (QED) is 0.293. The molecule has 0 aromatic heterocycles. The summed E-state index contributed by atoms with van der Waals surface area (Å²) in [5.41, 5.74) is 4.08. The van der Waals surface area contributed by atoms with Gasteiger partial charge in [-0.2, -0.15) is 0 Å². The molecule has 36 heavy (non-hydrogen) atoms. The molecule has 0 spiro atoms. The van der Waals surface area contributed by atoms with Gasteiger partial charge < -0.3 is 10.2 Å². The normalized spacial score (nSPS) is 11.8. The summed E-state index contributed by atoms with van der Waals surface area (Å²) in [6.07, 6.45) is 0.402. The second-order valence-electron chi connectivity index (χ2n) is 9.10. The molecular weight excluding hydrogens is 511 g/mol. The van der Waals surface area contributed by atoms with E-state index in [9.17, 15) is 9.59 Å². The monoisotopic (exact) mass is 542 g/mol. The van der Waals surface area contributed by atoms with Crippen LogP contribution in [0.3, 0.4) is 0 Å². The van der Waals surface area contributed by atoms with Crippen LogP contribution in [0.4, 0.5) is 0 Å². The van der Waals surface area contributed by atoms with E-state index in [1.165, 1.54) is 17.3 Å². The molecule has 3 rings (SSSR count). The van der Waals surface area contributed by atoms with Crippen molar-refractivity contribution in [3.8, 4) is 0 Å². The highest BCUT2D eigenvalue weighted by molar-refractivity contribution is 7.99. The van der Waals surface area contributed by atoms with Crippen LogP contribution < -0.4 is 5.32 Å². The highest BCUT2D eigenvalue weighted by Crippen LogP contribution is 2.25. The Kier molecular flexibility index (Phi) is 10.7. The summed E-state index contributed by atoms with van der Waals surface area (Å²) in [6.45, 7) is 6.09. The third-order valence-corrected chi connectivity index (χ3v) is 7.25. The molecule has 0 aliphatic carbocycles. The number of nitrogens with zero attached hydrogens (tertiary/aromatic N) is 1. The van der Waals surface area contributed by atoms with Gasteiger partial charge in [-0.1, -0.05) is 89.4 Å². The van der Waals surface area contributed by atoms with Crippen LogP contribution in [0.5, 0.6) is 0 Å². The third kappa shape index (κ3) is 8.58. The van der Waals surface area contributed by atoms with Crippen molar-refractivity contribution in [1.29, 1.82) is 0 Å². The van der Waals surface area contributed by atoms with Crippen LogP contribution in [0.25, 0.3) is 0 Å². The standard InChI is InChI=1S/C29H32Cl2N2O2S/c1-20(2)32-29(35)27(15-22-7-5-4-6-8-22)33(17-24-13-14-25(30)16-26(24)31)28(34)19-36-18-23-11-9-21(3)10-12-23/h4-14,16,20,27H,15,17-19H2,1-3H3,(H,32,35). The smallest absolute Gasteiger partial charge is 0.243 e. The molecule has 1 N–H and O–H groups in total. The molecule has 4 nitrogen and oxygen atoms in total. The first kappa shape index (κ1) is 28.1. The van der Waals surface area contributed by atoms with Crippen molar-refractivity contribution in [2.45, 2.75) is 51.6 Å². The number of nitrogens with one attached hydrogen (secondary N) is 1. The zero-order valence-corrected chi connectivity index (χ0v) is 23.2. The summed E-state index contributed by atoms with van der Waals surface area (Å²) >= 11 is 14.1. The van der Waals surface area contributed by atoms with Crippen LogP contribution in [-0.4, -0.2) is 34.6 Å². The molecule has 0 heterocycles. The van der Waals surface area contributed by atoms with Crippen molar-refractivity contribution in [3.05, 3.63) is 105 Å². The number of carbonyl (C=O) groups excluding carboxylic acids is 2. The highest BCUT2D eigenvalue weighted by atomic mass is 35.5. The van der Waals surface area contributed by atoms with Gasteiger partial charge in [0.25, 0.3) is 0 Å². The second kappa shape index (κ2) is 13.7. The molecule has 0 fully saturated rings. The molecule has 3 aromatic carbocycles. The number of hydrogen-bond acceptors (Lipinski definition) is 3. The Balaban J connectivity index is 1.87. The molecule has 0 radical (unpaired) electrons. The molecule has 0 bridgehead atoms. The number of rotatable bonds is 11. The van der Waals surface area contributed by atoms with Crippen LogP contribution in [0.1, 0.15) is 36.1 Å². The van der Waals surface area contributed by atoms with Crippen molar-refractivity contribution in [3.63, 3.8) is 0 Å². The Morgan fingerprint density at radius 3 is 2.28 bits per heavy atom. The van der Waals surface area contributed by atoms with Gasteiger partial charge >= 0.3 is 0 Å². The minimum atomic E-state index is -0.686. The number of benzene rings is 3. The minimum absolute atomic E-state index is 0.0530. The Morgan fingerprint density at radius 2 is 1.64 bits per heavy atom. The van der Waals surface area contributed by atoms with Gasteiger partial charge in [-0.25, -0.2) is 0 Å². The van der Waals surface area contributed by atoms with E-state index >= 15 is 0 Å². The van der Waals surface area contributed by atoms with Gasteiger partial charge in [-0.15, -0.1) is 11.8 Å². The number of halogens is 2. The number of aryl methyl sites for hydroxylation is 1. The highest BCUT2D eigenvalue weighted by Gasteiger charge is 2.31. The molecule has 0 saturated carbocycles. The van der Waals surface area contributed by atoms with Crippen LogP contribution >= 0.6 is 35.0 Å². The summed E-state index contributed by atoms with van der Waals surface area (Å²) in [5.74, 6) is 0.663. The molecule has 1 atom stereocenters.